The summed E-state index contributed by atoms with van der Waals surface area (Å²) >= 11 is 0. The topological polar surface area (TPSA) is 67.6 Å². The van der Waals surface area contributed by atoms with Crippen LogP contribution >= 0.6 is 0 Å². The van der Waals surface area contributed by atoms with Crippen molar-refractivity contribution < 1.29 is 4.74 Å². The van der Waals surface area contributed by atoms with E-state index >= 15 is 0 Å². The van der Waals surface area contributed by atoms with E-state index in [4.69, 9.17) is 4.74 Å². The first-order chi connectivity index (χ1) is 9.63. The Bertz CT molecular complexity index is 598. The number of nitrogens with one attached hydrogen (secondary N) is 1. The van der Waals surface area contributed by atoms with Crippen LogP contribution in [0.25, 0.3) is 5.78 Å². The van der Waals surface area contributed by atoms with Gasteiger partial charge in [0.05, 0.1) is 18.8 Å². The Hall–Kier alpha value is -1.73. The van der Waals surface area contributed by atoms with Gasteiger partial charge in [-0.1, -0.05) is 0 Å². The van der Waals surface area contributed by atoms with Gasteiger partial charge < -0.3 is 15.0 Å². The van der Waals surface area contributed by atoms with Crippen LogP contribution in [0, 0.1) is 6.92 Å². The normalized spacial score (nSPS) is 22.1. The molecule has 108 valence electrons. The zero-order valence-corrected chi connectivity index (χ0v) is 12.1. The summed E-state index contributed by atoms with van der Waals surface area (Å²) in [6.07, 6.45) is 1.68. The van der Waals surface area contributed by atoms with E-state index in [9.17, 15) is 0 Å². The van der Waals surface area contributed by atoms with Crippen molar-refractivity contribution in [2.75, 3.05) is 32.1 Å². The second-order valence-corrected chi connectivity index (χ2v) is 5.36. The van der Waals surface area contributed by atoms with Crippen LogP contribution in [0.3, 0.4) is 0 Å². The molecule has 2 unspecified atom stereocenters. The zero-order valence-electron chi connectivity index (χ0n) is 12.1. The Morgan fingerprint density at radius 1 is 1.50 bits per heavy atom. The van der Waals surface area contributed by atoms with Gasteiger partial charge >= 0.3 is 0 Å². The number of ether oxygens (including phenoxy) is 1. The molecule has 1 aliphatic rings. The number of nitrogens with zero attached hydrogens (tertiary/aromatic N) is 5. The highest BCUT2D eigenvalue weighted by molar-refractivity contribution is 5.45. The summed E-state index contributed by atoms with van der Waals surface area (Å²) in [5.74, 6) is 1.51. The smallest absolute Gasteiger partial charge is 0.254 e. The molecule has 1 saturated heterocycles. The van der Waals surface area contributed by atoms with Crippen LogP contribution in [0.2, 0.25) is 0 Å². The van der Waals surface area contributed by atoms with E-state index < -0.39 is 0 Å². The van der Waals surface area contributed by atoms with Gasteiger partial charge in [0.2, 0.25) is 0 Å². The average Bonchev–Trinajstić information content (AvgIpc) is 2.86. The van der Waals surface area contributed by atoms with Crippen molar-refractivity contribution in [2.24, 2.45) is 0 Å². The molecule has 7 nitrogen and oxygen atoms in total. The summed E-state index contributed by atoms with van der Waals surface area (Å²) in [6.45, 7) is 6.78. The highest BCUT2D eigenvalue weighted by Crippen LogP contribution is 2.15. The molecular formula is C13H20N6O. The van der Waals surface area contributed by atoms with Gasteiger partial charge in [-0.05, 0) is 20.9 Å². The fourth-order valence-corrected chi connectivity index (χ4v) is 2.47. The van der Waals surface area contributed by atoms with Crippen LogP contribution in [0.1, 0.15) is 12.6 Å². The summed E-state index contributed by atoms with van der Waals surface area (Å²) in [7, 11) is 2.12. The molecule has 0 spiro atoms. The van der Waals surface area contributed by atoms with E-state index in [1.54, 1.807) is 4.52 Å². The molecule has 20 heavy (non-hydrogen) atoms. The summed E-state index contributed by atoms with van der Waals surface area (Å²) < 4.78 is 7.56. The molecule has 0 radical (unpaired) electrons. The fraction of sp³-hybridized carbons (Fsp3) is 0.615. The van der Waals surface area contributed by atoms with Crippen LogP contribution in [0.5, 0.6) is 0 Å². The summed E-state index contributed by atoms with van der Waals surface area (Å²) in [5, 5.41) is 7.67. The molecule has 2 aromatic rings. The molecule has 7 heteroatoms. The van der Waals surface area contributed by atoms with Gasteiger partial charge in [0.25, 0.3) is 5.78 Å². The number of fused-ring (bicyclic) bond motifs is 1. The molecule has 0 saturated carbocycles. The molecule has 1 fully saturated rings. The maximum absolute atomic E-state index is 5.84. The molecule has 3 heterocycles. The molecule has 0 amide bonds. The number of hydrogen-bond acceptors (Lipinski definition) is 6. The fourth-order valence-electron chi connectivity index (χ4n) is 2.47. The third kappa shape index (κ3) is 2.59. The average molecular weight is 276 g/mol. The maximum atomic E-state index is 5.84. The van der Waals surface area contributed by atoms with Crippen molar-refractivity contribution >= 4 is 11.6 Å². The number of morpholine rings is 1. The highest BCUT2D eigenvalue weighted by Gasteiger charge is 2.24. The molecule has 1 aliphatic heterocycles. The summed E-state index contributed by atoms with van der Waals surface area (Å²) in [6, 6.07) is 2.16. The van der Waals surface area contributed by atoms with E-state index in [0.717, 1.165) is 31.2 Å². The third-order valence-electron chi connectivity index (χ3n) is 3.61. The van der Waals surface area contributed by atoms with E-state index in [1.807, 2.05) is 13.0 Å². The number of anilines is 1. The lowest BCUT2D eigenvalue weighted by molar-refractivity contribution is -0.0260. The number of rotatable bonds is 3. The van der Waals surface area contributed by atoms with E-state index in [1.165, 1.54) is 6.33 Å². The molecule has 0 aromatic carbocycles. The molecule has 0 aliphatic carbocycles. The zero-order chi connectivity index (χ0) is 14.1. The first-order valence-electron chi connectivity index (χ1n) is 6.87. The number of likely N-dealkylation sites (N-methyl/N-ethyl adjacent to an activating group) is 1. The van der Waals surface area contributed by atoms with Crippen LogP contribution < -0.4 is 5.32 Å². The van der Waals surface area contributed by atoms with E-state index in [-0.39, 0.29) is 12.1 Å². The first kappa shape index (κ1) is 13.3. The number of aryl methyl sites for hydroxylation is 1. The second kappa shape index (κ2) is 5.34. The predicted molar refractivity (Wildman–Crippen MR) is 75.8 cm³/mol. The monoisotopic (exact) mass is 276 g/mol. The minimum absolute atomic E-state index is 0.167. The summed E-state index contributed by atoms with van der Waals surface area (Å²) in [4.78, 5) is 10.8. The van der Waals surface area contributed by atoms with E-state index in [2.05, 4.69) is 39.3 Å². The van der Waals surface area contributed by atoms with Crippen molar-refractivity contribution in [3.8, 4) is 0 Å². The first-order valence-corrected chi connectivity index (χ1v) is 6.87. The molecule has 2 atom stereocenters. The molecule has 0 bridgehead atoms. The molecule has 1 N–H and O–H groups in total. The van der Waals surface area contributed by atoms with Gasteiger partial charge in [-0.15, -0.1) is 0 Å². The van der Waals surface area contributed by atoms with Crippen molar-refractivity contribution in [3.63, 3.8) is 0 Å². The lowest BCUT2D eigenvalue weighted by Crippen LogP contribution is -2.47. The van der Waals surface area contributed by atoms with Crippen LogP contribution in [0.4, 0.5) is 5.82 Å². The Balaban J connectivity index is 1.80. The SMILES string of the molecule is Cc1cc(NC(C)C2CN(C)CCO2)n2ncnc2n1. The van der Waals surface area contributed by atoms with Crippen molar-refractivity contribution in [3.05, 3.63) is 18.1 Å². The number of hydrogen-bond donors (Lipinski definition) is 1. The van der Waals surface area contributed by atoms with Crippen LogP contribution in [-0.2, 0) is 4.74 Å². The van der Waals surface area contributed by atoms with Crippen molar-refractivity contribution in [1.29, 1.82) is 0 Å². The summed E-state index contributed by atoms with van der Waals surface area (Å²) in [5.41, 5.74) is 0.918. The molecule has 2 aromatic heterocycles. The standard InChI is InChI=1S/C13H20N6O/c1-9-6-12(19-13(16-9)14-8-15-19)17-10(2)11-7-18(3)4-5-20-11/h6,8,10-11,17H,4-5,7H2,1-3H3. The lowest BCUT2D eigenvalue weighted by atomic mass is 10.1. The van der Waals surface area contributed by atoms with Crippen molar-refractivity contribution in [1.82, 2.24) is 24.5 Å². The van der Waals surface area contributed by atoms with Gasteiger partial charge in [-0.25, -0.2) is 4.98 Å². The largest absolute Gasteiger partial charge is 0.373 e. The third-order valence-corrected chi connectivity index (χ3v) is 3.61. The Labute approximate surface area is 118 Å². The van der Waals surface area contributed by atoms with Gasteiger partial charge in [0.15, 0.2) is 0 Å². The van der Waals surface area contributed by atoms with Gasteiger partial charge in [0.1, 0.15) is 12.1 Å². The van der Waals surface area contributed by atoms with Gasteiger partial charge in [-0.2, -0.15) is 14.6 Å². The minimum atomic E-state index is 0.167. The van der Waals surface area contributed by atoms with Gasteiger partial charge in [-0.3, -0.25) is 0 Å². The minimum Gasteiger partial charge on any atom is -0.373 e. The van der Waals surface area contributed by atoms with Crippen LogP contribution in [-0.4, -0.2) is 63.4 Å². The maximum Gasteiger partial charge on any atom is 0.254 e. The molecular weight excluding hydrogens is 256 g/mol. The van der Waals surface area contributed by atoms with Gasteiger partial charge in [0, 0.05) is 24.8 Å². The highest BCUT2D eigenvalue weighted by atomic mass is 16.5. The second-order valence-electron chi connectivity index (χ2n) is 5.36. The Morgan fingerprint density at radius 2 is 2.35 bits per heavy atom. The Kier molecular flexibility index (Phi) is 3.54. The predicted octanol–water partition coefficient (Wildman–Crippen LogP) is 0.564. The lowest BCUT2D eigenvalue weighted by Gasteiger charge is -2.34. The van der Waals surface area contributed by atoms with Crippen LogP contribution in [0.15, 0.2) is 12.4 Å². The number of aromatic nitrogens is 4. The quantitative estimate of drug-likeness (QED) is 0.883. The Morgan fingerprint density at radius 3 is 3.15 bits per heavy atom. The van der Waals surface area contributed by atoms with Crippen molar-refractivity contribution in [2.45, 2.75) is 26.0 Å². The van der Waals surface area contributed by atoms with E-state index in [0.29, 0.717) is 5.78 Å². The molecule has 3 rings (SSSR count).